The lowest BCUT2D eigenvalue weighted by atomic mass is 10.1. The van der Waals surface area contributed by atoms with Crippen molar-refractivity contribution in [1.82, 2.24) is 9.62 Å². The first-order valence-corrected chi connectivity index (χ1v) is 9.12. The van der Waals surface area contributed by atoms with Crippen molar-refractivity contribution in [3.05, 3.63) is 17.0 Å². The Morgan fingerprint density at radius 2 is 2.26 bits per heavy atom. The smallest absolute Gasteiger partial charge is 0.252 e. The lowest BCUT2D eigenvalue weighted by molar-refractivity contribution is 0.334. The Bertz CT molecular complexity index is 553. The molecular formula is C13H20N2O2S2. The van der Waals surface area contributed by atoms with Crippen molar-refractivity contribution in [2.24, 2.45) is 5.92 Å². The molecule has 3 rings (SSSR count). The highest BCUT2D eigenvalue weighted by molar-refractivity contribution is 7.91. The third kappa shape index (κ3) is 2.46. The topological polar surface area (TPSA) is 49.4 Å². The standard InChI is InChI=1S/C13H20N2O2S2/c1-14-7-6-12-4-5-13(18-12)19(16,17)15-9-10-2-3-11(15)8-10/h4-5,10-11,14H,2-3,6-9H2,1H3. The van der Waals surface area contributed by atoms with E-state index in [0.717, 1.165) is 37.2 Å². The molecule has 0 radical (unpaired) electrons. The molecule has 106 valence electrons. The molecule has 0 amide bonds. The fourth-order valence-corrected chi connectivity index (χ4v) is 6.40. The molecule has 19 heavy (non-hydrogen) atoms. The van der Waals surface area contributed by atoms with Crippen LogP contribution >= 0.6 is 11.3 Å². The number of nitrogens with one attached hydrogen (secondary N) is 1. The van der Waals surface area contributed by atoms with Gasteiger partial charge in [0.25, 0.3) is 10.0 Å². The monoisotopic (exact) mass is 300 g/mol. The predicted molar refractivity (Wildman–Crippen MR) is 77.0 cm³/mol. The van der Waals surface area contributed by atoms with E-state index in [0.29, 0.717) is 10.1 Å². The van der Waals surface area contributed by atoms with Crippen molar-refractivity contribution in [2.75, 3.05) is 20.1 Å². The Morgan fingerprint density at radius 1 is 1.42 bits per heavy atom. The number of fused-ring (bicyclic) bond motifs is 2. The summed E-state index contributed by atoms with van der Waals surface area (Å²) in [6.07, 6.45) is 4.20. The van der Waals surface area contributed by atoms with Crippen molar-refractivity contribution >= 4 is 21.4 Å². The molecular weight excluding hydrogens is 280 g/mol. The van der Waals surface area contributed by atoms with E-state index in [2.05, 4.69) is 5.32 Å². The van der Waals surface area contributed by atoms with Crippen molar-refractivity contribution in [1.29, 1.82) is 0 Å². The van der Waals surface area contributed by atoms with Gasteiger partial charge >= 0.3 is 0 Å². The molecule has 2 aliphatic rings. The van der Waals surface area contributed by atoms with Gasteiger partial charge in [-0.05, 0) is 57.3 Å². The molecule has 2 unspecified atom stereocenters. The highest BCUT2D eigenvalue weighted by Crippen LogP contribution is 2.41. The minimum atomic E-state index is -3.24. The molecule has 2 atom stereocenters. The summed E-state index contributed by atoms with van der Waals surface area (Å²) in [7, 11) is -1.33. The van der Waals surface area contributed by atoms with Crippen molar-refractivity contribution in [2.45, 2.75) is 35.9 Å². The van der Waals surface area contributed by atoms with Crippen LogP contribution < -0.4 is 5.32 Å². The van der Waals surface area contributed by atoms with Crippen LogP contribution in [0, 0.1) is 5.92 Å². The molecule has 1 saturated heterocycles. The number of rotatable bonds is 5. The van der Waals surface area contributed by atoms with Crippen LogP contribution in [0.2, 0.25) is 0 Å². The number of piperidine rings is 1. The number of nitrogens with zero attached hydrogens (tertiary/aromatic N) is 1. The fourth-order valence-electron chi connectivity index (χ4n) is 3.17. The number of thiophene rings is 1. The lowest BCUT2D eigenvalue weighted by Gasteiger charge is -2.25. The zero-order valence-corrected chi connectivity index (χ0v) is 12.8. The quantitative estimate of drug-likeness (QED) is 0.900. The van der Waals surface area contributed by atoms with E-state index in [9.17, 15) is 8.42 Å². The molecule has 1 saturated carbocycles. The van der Waals surface area contributed by atoms with E-state index in [1.54, 1.807) is 10.4 Å². The molecule has 2 fully saturated rings. The predicted octanol–water partition coefficient (Wildman–Crippen LogP) is 1.68. The summed E-state index contributed by atoms with van der Waals surface area (Å²) >= 11 is 1.42. The maximum absolute atomic E-state index is 12.6. The van der Waals surface area contributed by atoms with E-state index in [1.165, 1.54) is 17.8 Å². The molecule has 1 aromatic heterocycles. The molecule has 2 bridgehead atoms. The van der Waals surface area contributed by atoms with Crippen LogP contribution in [-0.2, 0) is 16.4 Å². The summed E-state index contributed by atoms with van der Waals surface area (Å²) in [6, 6.07) is 3.98. The Morgan fingerprint density at radius 3 is 2.89 bits per heavy atom. The highest BCUT2D eigenvalue weighted by atomic mass is 32.2. The van der Waals surface area contributed by atoms with E-state index >= 15 is 0 Å². The van der Waals surface area contributed by atoms with Crippen LogP contribution in [-0.4, -0.2) is 38.9 Å². The maximum Gasteiger partial charge on any atom is 0.252 e. The fraction of sp³-hybridized carbons (Fsp3) is 0.692. The van der Waals surface area contributed by atoms with Crippen LogP contribution in [0.15, 0.2) is 16.3 Å². The summed E-state index contributed by atoms with van der Waals surface area (Å²) in [5.74, 6) is 0.600. The molecule has 1 aliphatic heterocycles. The van der Waals surface area contributed by atoms with Gasteiger partial charge in [-0.3, -0.25) is 0 Å². The Kier molecular flexibility index (Phi) is 3.68. The summed E-state index contributed by atoms with van der Waals surface area (Å²) in [5.41, 5.74) is 0. The van der Waals surface area contributed by atoms with Gasteiger partial charge in [0.2, 0.25) is 0 Å². The number of hydrogen-bond acceptors (Lipinski definition) is 4. The van der Waals surface area contributed by atoms with Gasteiger partial charge in [-0.15, -0.1) is 11.3 Å². The van der Waals surface area contributed by atoms with Gasteiger partial charge in [-0.2, -0.15) is 4.31 Å². The SMILES string of the molecule is CNCCc1ccc(S(=O)(=O)N2CC3CCC2C3)s1. The van der Waals surface area contributed by atoms with E-state index in [4.69, 9.17) is 0 Å². The number of sulfonamides is 1. The number of likely N-dealkylation sites (N-methyl/N-ethyl adjacent to an activating group) is 1. The first-order chi connectivity index (χ1) is 9.11. The van der Waals surface area contributed by atoms with Crippen molar-refractivity contribution < 1.29 is 8.42 Å². The lowest BCUT2D eigenvalue weighted by Crippen LogP contribution is -2.37. The Hall–Kier alpha value is -0.430. The largest absolute Gasteiger partial charge is 0.319 e. The molecule has 1 aromatic rings. The van der Waals surface area contributed by atoms with Gasteiger partial charge in [-0.25, -0.2) is 8.42 Å². The van der Waals surface area contributed by atoms with Gasteiger partial charge < -0.3 is 5.32 Å². The van der Waals surface area contributed by atoms with Gasteiger partial charge in [0.1, 0.15) is 4.21 Å². The average Bonchev–Trinajstić information content (AvgIpc) is 3.11. The first-order valence-electron chi connectivity index (χ1n) is 6.86. The summed E-state index contributed by atoms with van der Waals surface area (Å²) in [6.45, 7) is 1.62. The summed E-state index contributed by atoms with van der Waals surface area (Å²) < 4.78 is 27.5. The maximum atomic E-state index is 12.6. The molecule has 6 heteroatoms. The van der Waals surface area contributed by atoms with Crippen LogP contribution in [0.5, 0.6) is 0 Å². The first kappa shape index (κ1) is 13.5. The third-order valence-electron chi connectivity index (χ3n) is 4.18. The van der Waals surface area contributed by atoms with Crippen LogP contribution in [0.1, 0.15) is 24.1 Å². The van der Waals surface area contributed by atoms with Crippen molar-refractivity contribution in [3.63, 3.8) is 0 Å². The second kappa shape index (κ2) is 5.16. The third-order valence-corrected chi connectivity index (χ3v) is 7.71. The van der Waals surface area contributed by atoms with Crippen LogP contribution in [0.4, 0.5) is 0 Å². The minimum absolute atomic E-state index is 0.262. The van der Waals surface area contributed by atoms with Crippen LogP contribution in [0.3, 0.4) is 0 Å². The minimum Gasteiger partial charge on any atom is -0.319 e. The second-order valence-corrected chi connectivity index (χ2v) is 8.77. The second-order valence-electron chi connectivity index (χ2n) is 5.48. The van der Waals surface area contributed by atoms with Crippen molar-refractivity contribution in [3.8, 4) is 0 Å². The van der Waals surface area contributed by atoms with Gasteiger partial charge in [0.15, 0.2) is 0 Å². The van der Waals surface area contributed by atoms with E-state index in [-0.39, 0.29) is 6.04 Å². The Balaban J connectivity index is 1.78. The molecule has 0 aromatic carbocycles. The zero-order valence-electron chi connectivity index (χ0n) is 11.1. The van der Waals surface area contributed by atoms with Crippen LogP contribution in [0.25, 0.3) is 0 Å². The Labute approximate surface area is 118 Å². The summed E-state index contributed by atoms with van der Waals surface area (Å²) in [4.78, 5) is 1.14. The highest BCUT2D eigenvalue weighted by Gasteiger charge is 2.44. The molecule has 2 heterocycles. The van der Waals surface area contributed by atoms with Gasteiger partial charge in [0.05, 0.1) is 0 Å². The van der Waals surface area contributed by atoms with E-state index < -0.39 is 10.0 Å². The average molecular weight is 300 g/mol. The normalized spacial score (nSPS) is 27.2. The number of hydrogen-bond donors (Lipinski definition) is 1. The summed E-state index contributed by atoms with van der Waals surface area (Å²) in [5, 5.41) is 3.09. The van der Waals surface area contributed by atoms with Gasteiger partial charge in [0, 0.05) is 17.5 Å². The molecule has 0 spiro atoms. The van der Waals surface area contributed by atoms with E-state index in [1.807, 2.05) is 13.1 Å². The molecule has 1 N–H and O–H groups in total. The zero-order chi connectivity index (χ0) is 13.5. The molecule has 4 nitrogen and oxygen atoms in total. The molecule has 1 aliphatic carbocycles. The van der Waals surface area contributed by atoms with Gasteiger partial charge in [-0.1, -0.05) is 0 Å².